The molecule has 0 aromatic heterocycles. The predicted octanol–water partition coefficient (Wildman–Crippen LogP) is 13.2. The molecule has 0 bridgehead atoms. The monoisotopic (exact) mass is 748 g/mol. The Morgan fingerprint density at radius 2 is 0.797 bits per heavy atom. The number of benzene rings is 11. The van der Waals surface area contributed by atoms with Crippen LogP contribution in [-0.4, -0.2) is 6.71 Å². The molecule has 0 atom stereocenters. The van der Waals surface area contributed by atoms with Crippen molar-refractivity contribution in [2.24, 2.45) is 0 Å². The van der Waals surface area contributed by atoms with Gasteiger partial charge >= 0.3 is 0 Å². The van der Waals surface area contributed by atoms with Gasteiger partial charge in [-0.3, -0.25) is 0 Å². The second-order valence-electron chi connectivity index (χ2n) is 15.8. The van der Waals surface area contributed by atoms with Crippen LogP contribution in [0.3, 0.4) is 0 Å². The molecule has 13 rings (SSSR count). The Morgan fingerprint density at radius 1 is 0.305 bits per heavy atom. The third-order valence-corrected chi connectivity index (χ3v) is 12.8. The summed E-state index contributed by atoms with van der Waals surface area (Å²) in [6.07, 6.45) is 0. The van der Waals surface area contributed by atoms with Gasteiger partial charge in [-0.25, -0.2) is 0 Å². The van der Waals surface area contributed by atoms with Crippen molar-refractivity contribution >= 4 is 77.0 Å². The average molecular weight is 749 g/mol. The van der Waals surface area contributed by atoms with Crippen molar-refractivity contribution in [1.29, 1.82) is 0 Å². The highest BCUT2D eigenvalue weighted by molar-refractivity contribution is 6.98. The van der Waals surface area contributed by atoms with Crippen LogP contribution in [0.15, 0.2) is 200 Å². The van der Waals surface area contributed by atoms with E-state index in [1.807, 2.05) is 0 Å². The molecule has 0 amide bonds. The summed E-state index contributed by atoms with van der Waals surface area (Å²) < 4.78 is 14.4. The highest BCUT2D eigenvalue weighted by Gasteiger charge is 2.42. The molecular formula is C56H33BO2. The number of fused-ring (bicyclic) bond motifs is 13. The van der Waals surface area contributed by atoms with E-state index in [0.29, 0.717) is 0 Å². The molecule has 59 heavy (non-hydrogen) atoms. The first-order valence-electron chi connectivity index (χ1n) is 20.4. The summed E-state index contributed by atoms with van der Waals surface area (Å²) in [5.41, 5.74) is 10.4. The molecule has 0 fully saturated rings. The fourth-order valence-electron chi connectivity index (χ4n) is 10.4. The smallest absolute Gasteiger partial charge is 0.260 e. The van der Waals surface area contributed by atoms with Gasteiger partial charge < -0.3 is 9.47 Å². The molecule has 272 valence electrons. The zero-order chi connectivity index (χ0) is 38.6. The zero-order valence-corrected chi connectivity index (χ0v) is 31.9. The number of hydrogen-bond acceptors (Lipinski definition) is 2. The molecule has 2 aliphatic heterocycles. The van der Waals surface area contributed by atoms with E-state index in [1.54, 1.807) is 0 Å². The van der Waals surface area contributed by atoms with Gasteiger partial charge in [-0.05, 0) is 99.4 Å². The molecule has 11 aromatic rings. The number of ether oxygens (including phenoxy) is 2. The van der Waals surface area contributed by atoms with Gasteiger partial charge in [0.15, 0.2) is 0 Å². The van der Waals surface area contributed by atoms with E-state index in [4.69, 9.17) is 9.47 Å². The van der Waals surface area contributed by atoms with E-state index < -0.39 is 0 Å². The number of rotatable bonds is 3. The Kier molecular flexibility index (Phi) is 6.85. The Morgan fingerprint density at radius 3 is 1.51 bits per heavy atom. The average Bonchev–Trinajstić information content (AvgIpc) is 3.30. The van der Waals surface area contributed by atoms with Crippen LogP contribution in [0.4, 0.5) is 0 Å². The number of para-hydroxylation sites is 2. The maximum Gasteiger partial charge on any atom is 0.260 e. The van der Waals surface area contributed by atoms with Crippen LogP contribution < -0.4 is 25.9 Å². The maximum absolute atomic E-state index is 7.36. The van der Waals surface area contributed by atoms with Gasteiger partial charge in [0.1, 0.15) is 23.0 Å². The quantitative estimate of drug-likeness (QED) is 0.102. The summed E-state index contributed by atoms with van der Waals surface area (Å²) in [7, 11) is 0. The second-order valence-corrected chi connectivity index (χ2v) is 15.8. The van der Waals surface area contributed by atoms with Crippen molar-refractivity contribution in [2.45, 2.75) is 0 Å². The van der Waals surface area contributed by atoms with Crippen LogP contribution in [0.1, 0.15) is 0 Å². The molecule has 0 aliphatic carbocycles. The lowest BCUT2D eigenvalue weighted by atomic mass is 9.34. The first-order chi connectivity index (χ1) is 29.3. The summed E-state index contributed by atoms with van der Waals surface area (Å²) in [6, 6.07) is 72.4. The molecule has 0 saturated carbocycles. The molecule has 0 N–H and O–H groups in total. The molecule has 0 radical (unpaired) electrons. The van der Waals surface area contributed by atoms with Gasteiger partial charge in [-0.2, -0.15) is 0 Å². The lowest BCUT2D eigenvalue weighted by molar-refractivity contribution is 0.469. The van der Waals surface area contributed by atoms with Gasteiger partial charge in [-0.1, -0.05) is 188 Å². The first-order valence-corrected chi connectivity index (χ1v) is 20.4. The normalized spacial score (nSPS) is 12.6. The summed E-state index contributed by atoms with van der Waals surface area (Å²) in [6.45, 7) is -0.0812. The highest BCUT2D eigenvalue weighted by atomic mass is 16.5. The zero-order valence-electron chi connectivity index (χ0n) is 31.9. The fraction of sp³-hybridized carbons (Fsp3) is 0. The van der Waals surface area contributed by atoms with E-state index >= 15 is 0 Å². The van der Waals surface area contributed by atoms with Crippen molar-refractivity contribution in [2.75, 3.05) is 0 Å². The summed E-state index contributed by atoms with van der Waals surface area (Å²) in [4.78, 5) is 0. The predicted molar refractivity (Wildman–Crippen MR) is 248 cm³/mol. The summed E-state index contributed by atoms with van der Waals surface area (Å²) in [5, 5.41) is 12.0. The first kappa shape index (κ1) is 32.5. The lowest BCUT2D eigenvalue weighted by Crippen LogP contribution is -2.57. The SMILES string of the molecule is c1ccc(-c2c3ccccc3c(-c3ccccc3-c3cccc4c3Oc3cc5c6ccccc6c6ccccc6c5c5c3B4c3ccccc3O5)c3ccccc23)cc1. The van der Waals surface area contributed by atoms with E-state index in [1.165, 1.54) is 65.3 Å². The molecule has 2 aliphatic rings. The van der Waals surface area contributed by atoms with Crippen LogP contribution in [0.2, 0.25) is 0 Å². The molecule has 2 nitrogen and oxygen atoms in total. The van der Waals surface area contributed by atoms with Gasteiger partial charge in [0.2, 0.25) is 0 Å². The van der Waals surface area contributed by atoms with E-state index in [-0.39, 0.29) is 6.71 Å². The van der Waals surface area contributed by atoms with Gasteiger partial charge in [0.05, 0.1) is 0 Å². The molecular weight excluding hydrogens is 715 g/mol. The molecule has 3 heteroatoms. The maximum atomic E-state index is 7.36. The standard InChI is InChI=1S/C56H33BO2/c1-2-17-34(18-3-1)51-41-25-10-12-27-43(41)52(44-28-13-11-26-42(44)51)39-23-8-7-22-38(39)45-29-16-31-48-55(45)59-50-33-46-37-21-5-4-19-35(37)36-20-6-9-24-40(36)53(46)56-54(50)57(48)47-30-14-15-32-49(47)58-56/h1-33H. The highest BCUT2D eigenvalue weighted by Crippen LogP contribution is 2.50. The summed E-state index contributed by atoms with van der Waals surface area (Å²) in [5.74, 6) is 3.50. The Bertz CT molecular complexity index is 3510. The van der Waals surface area contributed by atoms with Crippen molar-refractivity contribution < 1.29 is 9.47 Å². The van der Waals surface area contributed by atoms with Gasteiger partial charge in [-0.15, -0.1) is 0 Å². The molecule has 11 aromatic carbocycles. The minimum atomic E-state index is -0.0812. The van der Waals surface area contributed by atoms with Crippen molar-refractivity contribution in [3.63, 3.8) is 0 Å². The summed E-state index contributed by atoms with van der Waals surface area (Å²) >= 11 is 0. The van der Waals surface area contributed by atoms with Crippen LogP contribution in [0.25, 0.3) is 87.2 Å². The fourth-order valence-corrected chi connectivity index (χ4v) is 10.4. The third-order valence-electron chi connectivity index (χ3n) is 12.8. The minimum absolute atomic E-state index is 0.0812. The van der Waals surface area contributed by atoms with E-state index in [2.05, 4.69) is 200 Å². The van der Waals surface area contributed by atoms with Crippen LogP contribution in [-0.2, 0) is 0 Å². The Labute approximate surface area is 341 Å². The van der Waals surface area contributed by atoms with E-state index in [0.717, 1.165) is 61.3 Å². The van der Waals surface area contributed by atoms with E-state index in [9.17, 15) is 0 Å². The van der Waals surface area contributed by atoms with Gasteiger partial charge in [0, 0.05) is 16.4 Å². The number of hydrogen-bond donors (Lipinski definition) is 0. The largest absolute Gasteiger partial charge is 0.458 e. The third kappa shape index (κ3) is 4.59. The lowest BCUT2D eigenvalue weighted by Gasteiger charge is -2.35. The Balaban J connectivity index is 1.10. The topological polar surface area (TPSA) is 18.5 Å². The van der Waals surface area contributed by atoms with Crippen molar-refractivity contribution in [1.82, 2.24) is 0 Å². The van der Waals surface area contributed by atoms with Crippen molar-refractivity contribution in [3.8, 4) is 56.4 Å². The molecule has 0 unspecified atom stereocenters. The van der Waals surface area contributed by atoms with Crippen LogP contribution in [0.5, 0.6) is 23.0 Å². The van der Waals surface area contributed by atoms with Crippen molar-refractivity contribution in [3.05, 3.63) is 200 Å². The molecule has 0 saturated heterocycles. The second kappa shape index (κ2) is 12.4. The van der Waals surface area contributed by atoms with Crippen LogP contribution in [0, 0.1) is 0 Å². The van der Waals surface area contributed by atoms with Crippen LogP contribution >= 0.6 is 0 Å². The van der Waals surface area contributed by atoms with Gasteiger partial charge in [0.25, 0.3) is 6.71 Å². The molecule has 0 spiro atoms. The Hall–Kier alpha value is -7.62. The minimum Gasteiger partial charge on any atom is -0.458 e. The molecule has 2 heterocycles.